The van der Waals surface area contributed by atoms with Gasteiger partial charge in [0.2, 0.25) is 5.91 Å². The number of hydrogen-bond donors (Lipinski definition) is 2. The molecule has 0 saturated heterocycles. The zero-order valence-corrected chi connectivity index (χ0v) is 14.7. The second kappa shape index (κ2) is 8.96. The molecule has 1 amide bonds. The van der Waals surface area contributed by atoms with Crippen LogP contribution in [0.2, 0.25) is 0 Å². The van der Waals surface area contributed by atoms with Crippen molar-refractivity contribution in [1.82, 2.24) is 4.98 Å². The van der Waals surface area contributed by atoms with E-state index in [-0.39, 0.29) is 30.0 Å². The van der Waals surface area contributed by atoms with Crippen LogP contribution in [0.15, 0.2) is 30.5 Å². The molecular weight excluding hydrogens is 337 g/mol. The molecule has 2 rings (SSSR count). The molecule has 2 aromatic rings. The van der Waals surface area contributed by atoms with Crippen LogP contribution in [0.1, 0.15) is 30.7 Å². The Morgan fingerprint density at radius 3 is 2.78 bits per heavy atom. The highest BCUT2D eigenvalue weighted by Gasteiger charge is 2.20. The maximum absolute atomic E-state index is 13.6. The summed E-state index contributed by atoms with van der Waals surface area (Å²) in [6, 6.07) is 6.08. The van der Waals surface area contributed by atoms with Crippen molar-refractivity contribution in [1.29, 1.82) is 0 Å². The molecule has 1 heterocycles. The summed E-state index contributed by atoms with van der Waals surface area (Å²) < 4.78 is 13.6. The molecule has 23 heavy (non-hydrogen) atoms. The van der Waals surface area contributed by atoms with Crippen LogP contribution in [0.3, 0.4) is 0 Å². The molecule has 0 spiro atoms. The normalized spacial score (nSPS) is 13.0. The van der Waals surface area contributed by atoms with E-state index in [0.29, 0.717) is 17.1 Å². The van der Waals surface area contributed by atoms with Gasteiger partial charge in [-0.25, -0.2) is 9.37 Å². The van der Waals surface area contributed by atoms with Gasteiger partial charge in [-0.3, -0.25) is 4.79 Å². The Morgan fingerprint density at radius 1 is 1.43 bits per heavy atom. The fraction of sp³-hybridized carbons (Fsp3) is 0.375. The first-order valence-corrected chi connectivity index (χ1v) is 8.07. The summed E-state index contributed by atoms with van der Waals surface area (Å²) in [7, 11) is 0. The van der Waals surface area contributed by atoms with Gasteiger partial charge in [0, 0.05) is 17.5 Å². The molecule has 4 nitrogen and oxygen atoms in total. The molecule has 0 aliphatic carbocycles. The first-order chi connectivity index (χ1) is 10.5. The molecule has 0 bridgehead atoms. The lowest BCUT2D eigenvalue weighted by Crippen LogP contribution is -2.40. The molecule has 1 aromatic carbocycles. The average Bonchev–Trinajstić information content (AvgIpc) is 2.95. The summed E-state index contributed by atoms with van der Waals surface area (Å²) in [5.41, 5.74) is 6.50. The molecular formula is C16H21ClFN3OS. The highest BCUT2D eigenvalue weighted by molar-refractivity contribution is 7.15. The van der Waals surface area contributed by atoms with Crippen LogP contribution in [0.25, 0.3) is 0 Å². The van der Waals surface area contributed by atoms with Gasteiger partial charge in [-0.15, -0.1) is 23.7 Å². The lowest BCUT2D eigenvalue weighted by Gasteiger charge is -2.16. The summed E-state index contributed by atoms with van der Waals surface area (Å²) in [5.74, 6) is -0.362. The number of halogens is 2. The molecule has 7 heteroatoms. The number of nitrogens with one attached hydrogen (secondary N) is 1. The van der Waals surface area contributed by atoms with Gasteiger partial charge in [-0.05, 0) is 17.5 Å². The first-order valence-electron chi connectivity index (χ1n) is 7.25. The summed E-state index contributed by atoms with van der Waals surface area (Å²) in [5, 5.41) is 3.22. The second-order valence-electron chi connectivity index (χ2n) is 5.30. The summed E-state index contributed by atoms with van der Waals surface area (Å²) >= 11 is 1.34. The van der Waals surface area contributed by atoms with Crippen molar-refractivity contribution in [3.8, 4) is 0 Å². The van der Waals surface area contributed by atoms with Crippen molar-refractivity contribution < 1.29 is 9.18 Å². The Kier molecular flexibility index (Phi) is 7.61. The minimum Gasteiger partial charge on any atom is -0.320 e. The van der Waals surface area contributed by atoms with E-state index in [2.05, 4.69) is 10.3 Å². The molecule has 2 unspecified atom stereocenters. The Hall–Kier alpha value is -1.50. The van der Waals surface area contributed by atoms with Crippen LogP contribution < -0.4 is 11.1 Å². The molecule has 0 radical (unpaired) electrons. The maximum atomic E-state index is 13.6. The predicted molar refractivity (Wildman–Crippen MR) is 94.6 cm³/mol. The summed E-state index contributed by atoms with van der Waals surface area (Å²) in [6.45, 7) is 3.93. The molecule has 0 saturated carbocycles. The molecule has 0 aliphatic rings. The minimum absolute atomic E-state index is 0. The van der Waals surface area contributed by atoms with Crippen LogP contribution in [-0.2, 0) is 11.2 Å². The highest BCUT2D eigenvalue weighted by Crippen LogP contribution is 2.22. The second-order valence-corrected chi connectivity index (χ2v) is 6.42. The smallest absolute Gasteiger partial charge is 0.243 e. The Labute approximate surface area is 145 Å². The van der Waals surface area contributed by atoms with E-state index in [0.717, 1.165) is 11.3 Å². The molecule has 3 N–H and O–H groups in total. The Balaban J connectivity index is 0.00000264. The number of amides is 1. The number of aromatic nitrogens is 1. The van der Waals surface area contributed by atoms with Crippen molar-refractivity contribution >= 4 is 34.8 Å². The van der Waals surface area contributed by atoms with E-state index in [1.54, 1.807) is 24.4 Å². The van der Waals surface area contributed by atoms with E-state index in [4.69, 9.17) is 5.73 Å². The fourth-order valence-electron chi connectivity index (χ4n) is 1.98. The highest BCUT2D eigenvalue weighted by atomic mass is 35.5. The maximum Gasteiger partial charge on any atom is 0.243 e. The van der Waals surface area contributed by atoms with Gasteiger partial charge in [0.25, 0.3) is 0 Å². The van der Waals surface area contributed by atoms with Crippen molar-refractivity contribution in [2.24, 2.45) is 11.7 Å². The van der Waals surface area contributed by atoms with Gasteiger partial charge in [0.05, 0.1) is 6.04 Å². The van der Waals surface area contributed by atoms with Crippen LogP contribution >= 0.6 is 23.7 Å². The molecule has 1 aromatic heterocycles. The third-order valence-corrected chi connectivity index (χ3v) is 4.58. The van der Waals surface area contributed by atoms with Gasteiger partial charge in [0.1, 0.15) is 5.82 Å². The minimum atomic E-state index is -0.552. The number of thiazole rings is 1. The summed E-state index contributed by atoms with van der Waals surface area (Å²) in [4.78, 5) is 17.0. The topological polar surface area (TPSA) is 68.0 Å². The number of rotatable bonds is 6. The SMILES string of the molecule is CCC(C)C(N)C(=O)Nc1ncc(Cc2ccccc2F)s1.Cl. The molecule has 2 atom stereocenters. The standard InChI is InChI=1S/C16H20FN3OS.ClH/c1-3-10(2)14(18)15(21)20-16-19-9-12(22-16)8-11-6-4-5-7-13(11)17;/h4-7,9-10,14H,3,8,18H2,1-2H3,(H,19,20,21);1H. The van der Waals surface area contributed by atoms with Gasteiger partial charge < -0.3 is 11.1 Å². The van der Waals surface area contributed by atoms with Gasteiger partial charge in [-0.2, -0.15) is 0 Å². The number of anilines is 1. The quantitative estimate of drug-likeness (QED) is 0.829. The van der Waals surface area contributed by atoms with Crippen LogP contribution in [0, 0.1) is 11.7 Å². The lowest BCUT2D eigenvalue weighted by molar-refractivity contribution is -0.118. The predicted octanol–water partition coefficient (Wildman–Crippen LogP) is 3.61. The number of carbonyl (C=O) groups excluding carboxylic acids is 1. The lowest BCUT2D eigenvalue weighted by atomic mass is 10.00. The Morgan fingerprint density at radius 2 is 2.13 bits per heavy atom. The first kappa shape index (κ1) is 19.5. The van der Waals surface area contributed by atoms with Crippen LogP contribution in [0.4, 0.5) is 9.52 Å². The molecule has 0 aliphatic heterocycles. The van der Waals surface area contributed by atoms with Crippen LogP contribution in [0.5, 0.6) is 0 Å². The van der Waals surface area contributed by atoms with Gasteiger partial charge in [0.15, 0.2) is 5.13 Å². The number of hydrogen-bond acceptors (Lipinski definition) is 4. The van der Waals surface area contributed by atoms with E-state index in [1.165, 1.54) is 17.4 Å². The van der Waals surface area contributed by atoms with Crippen molar-refractivity contribution in [2.75, 3.05) is 5.32 Å². The Bertz CT molecular complexity index is 650. The van der Waals surface area contributed by atoms with Crippen molar-refractivity contribution in [3.05, 3.63) is 46.7 Å². The zero-order chi connectivity index (χ0) is 16.1. The largest absolute Gasteiger partial charge is 0.320 e. The molecule has 126 valence electrons. The average molecular weight is 358 g/mol. The van der Waals surface area contributed by atoms with Crippen molar-refractivity contribution in [2.45, 2.75) is 32.7 Å². The van der Waals surface area contributed by atoms with E-state index in [9.17, 15) is 9.18 Å². The third kappa shape index (κ3) is 5.27. The molecule has 0 fully saturated rings. The van der Waals surface area contributed by atoms with Gasteiger partial charge in [-0.1, -0.05) is 38.5 Å². The summed E-state index contributed by atoms with van der Waals surface area (Å²) in [6.07, 6.45) is 2.95. The van der Waals surface area contributed by atoms with Crippen LogP contribution in [-0.4, -0.2) is 16.9 Å². The number of carbonyl (C=O) groups is 1. The monoisotopic (exact) mass is 357 g/mol. The van der Waals surface area contributed by atoms with E-state index >= 15 is 0 Å². The number of benzene rings is 1. The number of nitrogens with zero attached hydrogens (tertiary/aromatic N) is 1. The fourth-order valence-corrected chi connectivity index (χ4v) is 2.82. The van der Waals surface area contributed by atoms with Crippen molar-refractivity contribution in [3.63, 3.8) is 0 Å². The van der Waals surface area contributed by atoms with Gasteiger partial charge >= 0.3 is 0 Å². The third-order valence-electron chi connectivity index (χ3n) is 3.67. The zero-order valence-electron chi connectivity index (χ0n) is 13.1. The number of nitrogens with two attached hydrogens (primary N) is 1. The van der Waals surface area contributed by atoms with E-state index in [1.807, 2.05) is 13.8 Å². The van der Waals surface area contributed by atoms with E-state index < -0.39 is 6.04 Å².